The molecule has 0 bridgehead atoms. The van der Waals surface area contributed by atoms with Gasteiger partial charge in [-0.25, -0.2) is 4.98 Å². The highest BCUT2D eigenvalue weighted by atomic mass is 16.5. The molecule has 0 radical (unpaired) electrons. The van der Waals surface area contributed by atoms with Crippen molar-refractivity contribution in [2.75, 3.05) is 5.73 Å². The summed E-state index contributed by atoms with van der Waals surface area (Å²) in [5.74, 6) is 0.324. The Morgan fingerprint density at radius 3 is 3.08 bits per heavy atom. The first-order valence-electron chi connectivity index (χ1n) is 3.22. The van der Waals surface area contributed by atoms with Crippen molar-refractivity contribution in [1.29, 1.82) is 5.26 Å². The number of nitrogen functional groups attached to an aromatic ring is 1. The van der Waals surface area contributed by atoms with Crippen LogP contribution in [0.5, 0.6) is 0 Å². The molecule has 0 unspecified atom stereocenters. The number of hydrogen-bond acceptors (Lipinski definition) is 5. The highest BCUT2D eigenvalue weighted by molar-refractivity contribution is 5.89. The number of anilines is 1. The van der Waals surface area contributed by atoms with E-state index in [9.17, 15) is 0 Å². The van der Waals surface area contributed by atoms with E-state index in [1.807, 2.05) is 6.07 Å². The Balaban J connectivity index is 2.94. The first kappa shape index (κ1) is 6.61. The third-order valence-electron chi connectivity index (χ3n) is 1.54. The zero-order valence-corrected chi connectivity index (χ0v) is 5.98. The van der Waals surface area contributed by atoms with E-state index in [0.717, 1.165) is 0 Å². The second-order valence-electron chi connectivity index (χ2n) is 2.24. The van der Waals surface area contributed by atoms with Crippen LogP contribution in [0.3, 0.4) is 0 Å². The highest BCUT2D eigenvalue weighted by Crippen LogP contribution is 2.20. The Kier molecular flexibility index (Phi) is 1.21. The number of aromatic nitrogens is 2. The molecule has 0 fully saturated rings. The van der Waals surface area contributed by atoms with Crippen LogP contribution in [0.4, 0.5) is 5.82 Å². The van der Waals surface area contributed by atoms with Crippen molar-refractivity contribution < 1.29 is 4.52 Å². The molecular weight excluding hydrogens is 156 g/mol. The Morgan fingerprint density at radius 1 is 1.50 bits per heavy atom. The normalized spacial score (nSPS) is 9.92. The summed E-state index contributed by atoms with van der Waals surface area (Å²) >= 11 is 0. The SMILES string of the molecule is N#Cc1cnc(N)c2cnoc12. The average molecular weight is 160 g/mol. The van der Waals surface area contributed by atoms with Gasteiger partial charge in [0.1, 0.15) is 17.5 Å². The quantitative estimate of drug-likeness (QED) is 0.612. The number of pyridine rings is 1. The Hall–Kier alpha value is -2.09. The Bertz CT molecular complexity index is 468. The largest absolute Gasteiger partial charge is 0.383 e. The predicted octanol–water partition coefficient (Wildman–Crippen LogP) is 0.677. The third kappa shape index (κ3) is 0.720. The van der Waals surface area contributed by atoms with Gasteiger partial charge in [0.15, 0.2) is 5.58 Å². The average Bonchev–Trinajstić information content (AvgIpc) is 2.54. The van der Waals surface area contributed by atoms with Crippen LogP contribution < -0.4 is 5.73 Å². The summed E-state index contributed by atoms with van der Waals surface area (Å²) < 4.78 is 4.83. The van der Waals surface area contributed by atoms with E-state index in [4.69, 9.17) is 15.5 Å². The van der Waals surface area contributed by atoms with Gasteiger partial charge in [0.05, 0.1) is 17.8 Å². The van der Waals surface area contributed by atoms with Crippen LogP contribution in [0.2, 0.25) is 0 Å². The molecular formula is C7H4N4O. The minimum absolute atomic E-state index is 0.324. The van der Waals surface area contributed by atoms with Crippen molar-refractivity contribution in [2.45, 2.75) is 0 Å². The van der Waals surface area contributed by atoms with E-state index in [2.05, 4.69) is 10.1 Å². The van der Waals surface area contributed by atoms with Crippen LogP contribution in [0.15, 0.2) is 16.9 Å². The van der Waals surface area contributed by atoms with Crippen LogP contribution in [-0.4, -0.2) is 10.1 Å². The molecule has 2 aromatic rings. The number of rotatable bonds is 0. The molecule has 0 aliphatic carbocycles. The van der Waals surface area contributed by atoms with E-state index in [0.29, 0.717) is 22.4 Å². The standard InChI is InChI=1S/C7H4N4O/c8-1-4-2-10-7(9)5-3-11-12-6(4)5/h2-3H,(H2,9,10). The van der Waals surface area contributed by atoms with E-state index >= 15 is 0 Å². The summed E-state index contributed by atoms with van der Waals surface area (Å²) in [7, 11) is 0. The van der Waals surface area contributed by atoms with Crippen LogP contribution >= 0.6 is 0 Å². The van der Waals surface area contributed by atoms with Crippen molar-refractivity contribution >= 4 is 16.8 Å². The maximum atomic E-state index is 8.63. The maximum Gasteiger partial charge on any atom is 0.189 e. The molecule has 0 spiro atoms. The zero-order chi connectivity index (χ0) is 8.55. The van der Waals surface area contributed by atoms with Crippen molar-refractivity contribution in [1.82, 2.24) is 10.1 Å². The van der Waals surface area contributed by atoms with E-state index in [1.165, 1.54) is 12.4 Å². The van der Waals surface area contributed by atoms with Crippen LogP contribution in [-0.2, 0) is 0 Å². The van der Waals surface area contributed by atoms with Crippen LogP contribution in [0.1, 0.15) is 5.56 Å². The molecule has 0 saturated heterocycles. The second kappa shape index (κ2) is 2.20. The Morgan fingerprint density at radius 2 is 2.33 bits per heavy atom. The van der Waals surface area contributed by atoms with Gasteiger partial charge in [0.25, 0.3) is 0 Å². The lowest BCUT2D eigenvalue weighted by molar-refractivity contribution is 0.455. The highest BCUT2D eigenvalue weighted by Gasteiger charge is 2.08. The monoisotopic (exact) mass is 160 g/mol. The minimum atomic E-state index is 0.324. The summed E-state index contributed by atoms with van der Waals surface area (Å²) in [5, 5.41) is 12.7. The molecule has 2 aromatic heterocycles. The summed E-state index contributed by atoms with van der Waals surface area (Å²) in [4.78, 5) is 3.81. The van der Waals surface area contributed by atoms with E-state index < -0.39 is 0 Å². The second-order valence-corrected chi connectivity index (χ2v) is 2.24. The van der Waals surface area contributed by atoms with Gasteiger partial charge in [-0.3, -0.25) is 0 Å². The fourth-order valence-corrected chi connectivity index (χ4v) is 0.958. The van der Waals surface area contributed by atoms with Gasteiger partial charge >= 0.3 is 0 Å². The molecule has 0 aliphatic rings. The number of nitriles is 1. The van der Waals surface area contributed by atoms with Crippen LogP contribution in [0.25, 0.3) is 11.0 Å². The van der Waals surface area contributed by atoms with Crippen molar-refractivity contribution in [2.24, 2.45) is 0 Å². The van der Waals surface area contributed by atoms with Gasteiger partial charge in [-0.2, -0.15) is 5.26 Å². The molecule has 0 aliphatic heterocycles. The van der Waals surface area contributed by atoms with Gasteiger partial charge in [-0.1, -0.05) is 5.16 Å². The van der Waals surface area contributed by atoms with Crippen molar-refractivity contribution in [3.8, 4) is 6.07 Å². The lowest BCUT2D eigenvalue weighted by atomic mass is 10.2. The molecule has 0 atom stereocenters. The fourth-order valence-electron chi connectivity index (χ4n) is 0.958. The molecule has 2 heterocycles. The Labute approximate surface area is 67.4 Å². The summed E-state index contributed by atoms with van der Waals surface area (Å²) in [6.45, 7) is 0. The topological polar surface area (TPSA) is 88.7 Å². The lowest BCUT2D eigenvalue weighted by Gasteiger charge is -1.92. The molecule has 58 valence electrons. The first-order valence-corrected chi connectivity index (χ1v) is 3.22. The number of fused-ring (bicyclic) bond motifs is 1. The molecule has 0 amide bonds. The number of nitrogens with zero attached hydrogens (tertiary/aromatic N) is 3. The smallest absolute Gasteiger partial charge is 0.189 e. The number of nitrogens with two attached hydrogens (primary N) is 1. The van der Waals surface area contributed by atoms with Gasteiger partial charge in [-0.15, -0.1) is 0 Å². The maximum absolute atomic E-state index is 8.63. The van der Waals surface area contributed by atoms with Gasteiger partial charge < -0.3 is 10.3 Å². The van der Waals surface area contributed by atoms with Gasteiger partial charge in [0.2, 0.25) is 0 Å². The van der Waals surface area contributed by atoms with E-state index in [1.54, 1.807) is 0 Å². The molecule has 0 saturated carbocycles. The first-order chi connectivity index (χ1) is 5.83. The molecule has 0 aromatic carbocycles. The molecule has 12 heavy (non-hydrogen) atoms. The van der Waals surface area contributed by atoms with Gasteiger partial charge in [-0.05, 0) is 0 Å². The molecule has 5 nitrogen and oxygen atoms in total. The number of hydrogen-bond donors (Lipinski definition) is 1. The lowest BCUT2D eigenvalue weighted by Crippen LogP contribution is -1.90. The van der Waals surface area contributed by atoms with Crippen molar-refractivity contribution in [3.63, 3.8) is 0 Å². The van der Waals surface area contributed by atoms with Crippen molar-refractivity contribution in [3.05, 3.63) is 18.0 Å². The fraction of sp³-hybridized carbons (Fsp3) is 0. The van der Waals surface area contributed by atoms with E-state index in [-0.39, 0.29) is 0 Å². The molecule has 2 rings (SSSR count). The molecule has 5 heteroatoms. The predicted molar refractivity (Wildman–Crippen MR) is 40.9 cm³/mol. The summed E-state index contributed by atoms with van der Waals surface area (Å²) in [6, 6.07) is 1.93. The zero-order valence-electron chi connectivity index (χ0n) is 5.98. The molecule has 2 N–H and O–H groups in total. The van der Waals surface area contributed by atoms with Crippen LogP contribution in [0, 0.1) is 11.3 Å². The van der Waals surface area contributed by atoms with Gasteiger partial charge in [0, 0.05) is 0 Å². The third-order valence-corrected chi connectivity index (χ3v) is 1.54. The minimum Gasteiger partial charge on any atom is -0.383 e. The summed E-state index contributed by atoms with van der Waals surface area (Å²) in [5.41, 5.74) is 6.24. The summed E-state index contributed by atoms with van der Waals surface area (Å²) in [6.07, 6.45) is 2.81.